The highest BCUT2D eigenvalue weighted by Gasteiger charge is 2.12. The van der Waals surface area contributed by atoms with Gasteiger partial charge in [0.05, 0.1) is 12.8 Å². The molecule has 1 heterocycles. The molecular formula is C15H19N3O. The average molecular weight is 257 g/mol. The normalized spacial score (nSPS) is 12.2. The van der Waals surface area contributed by atoms with Crippen LogP contribution in [0.25, 0.3) is 11.3 Å². The van der Waals surface area contributed by atoms with E-state index in [1.54, 1.807) is 7.11 Å². The van der Waals surface area contributed by atoms with Gasteiger partial charge in [0.1, 0.15) is 11.6 Å². The van der Waals surface area contributed by atoms with Gasteiger partial charge in [-0.05, 0) is 25.1 Å². The number of nitrogens with two attached hydrogens (primary N) is 1. The zero-order valence-electron chi connectivity index (χ0n) is 11.6. The Morgan fingerprint density at radius 2 is 2.00 bits per heavy atom. The summed E-state index contributed by atoms with van der Waals surface area (Å²) in [6, 6.07) is 9.81. The van der Waals surface area contributed by atoms with Crippen molar-refractivity contribution < 1.29 is 4.74 Å². The van der Waals surface area contributed by atoms with Crippen molar-refractivity contribution >= 4 is 0 Å². The predicted molar refractivity (Wildman–Crippen MR) is 76.2 cm³/mol. The number of aryl methyl sites for hydroxylation is 1. The van der Waals surface area contributed by atoms with Crippen LogP contribution in [-0.4, -0.2) is 23.6 Å². The summed E-state index contributed by atoms with van der Waals surface area (Å²) in [6.07, 6.45) is 0. The summed E-state index contributed by atoms with van der Waals surface area (Å²) in [7, 11) is 1.66. The van der Waals surface area contributed by atoms with Gasteiger partial charge in [0.25, 0.3) is 0 Å². The van der Waals surface area contributed by atoms with Crippen LogP contribution in [0.5, 0.6) is 5.75 Å². The molecule has 1 unspecified atom stereocenters. The number of methoxy groups -OCH3 is 1. The number of para-hydroxylation sites is 1. The van der Waals surface area contributed by atoms with Gasteiger partial charge in [-0.1, -0.05) is 19.1 Å². The Kier molecular flexibility index (Phi) is 4.12. The minimum atomic E-state index is 0.147. The van der Waals surface area contributed by atoms with E-state index in [-0.39, 0.29) is 5.92 Å². The van der Waals surface area contributed by atoms with E-state index in [0.29, 0.717) is 6.54 Å². The number of hydrogen-bond acceptors (Lipinski definition) is 4. The van der Waals surface area contributed by atoms with Crippen LogP contribution in [0.2, 0.25) is 0 Å². The van der Waals surface area contributed by atoms with Crippen LogP contribution in [-0.2, 0) is 0 Å². The molecule has 4 heteroatoms. The molecule has 19 heavy (non-hydrogen) atoms. The Morgan fingerprint density at radius 3 is 2.68 bits per heavy atom. The Balaban J connectivity index is 2.53. The van der Waals surface area contributed by atoms with Crippen LogP contribution < -0.4 is 10.5 Å². The first-order valence-electron chi connectivity index (χ1n) is 6.34. The van der Waals surface area contributed by atoms with Gasteiger partial charge < -0.3 is 10.5 Å². The third kappa shape index (κ3) is 2.90. The molecular weight excluding hydrogens is 238 g/mol. The summed E-state index contributed by atoms with van der Waals surface area (Å²) < 4.78 is 5.38. The van der Waals surface area contributed by atoms with Gasteiger partial charge in [0, 0.05) is 23.7 Å². The van der Waals surface area contributed by atoms with E-state index in [0.717, 1.165) is 28.5 Å². The Hall–Kier alpha value is -1.94. The van der Waals surface area contributed by atoms with Crippen molar-refractivity contribution in [3.05, 3.63) is 41.9 Å². The SMILES string of the molecule is COc1ccccc1-c1cc(C)nc(C(C)CN)n1. The summed E-state index contributed by atoms with van der Waals surface area (Å²) in [6.45, 7) is 4.53. The fourth-order valence-corrected chi connectivity index (χ4v) is 1.91. The second-order valence-electron chi connectivity index (χ2n) is 4.59. The minimum Gasteiger partial charge on any atom is -0.496 e. The van der Waals surface area contributed by atoms with Gasteiger partial charge in [0.15, 0.2) is 0 Å². The standard InChI is InChI=1S/C15H19N3O/c1-10(9-16)15-17-11(2)8-13(18-15)12-6-4-5-7-14(12)19-3/h4-8,10H,9,16H2,1-3H3. The summed E-state index contributed by atoms with van der Waals surface area (Å²) in [5.74, 6) is 1.74. The Morgan fingerprint density at radius 1 is 1.26 bits per heavy atom. The Labute approximate surface area is 113 Å². The van der Waals surface area contributed by atoms with Gasteiger partial charge in [-0.15, -0.1) is 0 Å². The Bertz CT molecular complexity index is 569. The van der Waals surface area contributed by atoms with Crippen LogP contribution in [0, 0.1) is 6.92 Å². The van der Waals surface area contributed by atoms with E-state index < -0.39 is 0 Å². The lowest BCUT2D eigenvalue weighted by Crippen LogP contribution is -2.13. The molecule has 0 aliphatic carbocycles. The summed E-state index contributed by atoms with van der Waals surface area (Å²) in [5, 5.41) is 0. The average Bonchev–Trinajstić information content (AvgIpc) is 2.45. The molecule has 0 radical (unpaired) electrons. The molecule has 2 N–H and O–H groups in total. The molecule has 0 amide bonds. The number of benzene rings is 1. The van der Waals surface area contributed by atoms with Gasteiger partial charge >= 0.3 is 0 Å². The van der Waals surface area contributed by atoms with Gasteiger partial charge in [0.2, 0.25) is 0 Å². The molecule has 0 spiro atoms. The molecule has 100 valence electrons. The highest BCUT2D eigenvalue weighted by atomic mass is 16.5. The number of hydrogen-bond donors (Lipinski definition) is 1. The number of nitrogens with zero attached hydrogens (tertiary/aromatic N) is 2. The zero-order valence-corrected chi connectivity index (χ0v) is 11.6. The molecule has 0 saturated heterocycles. The van der Waals surface area contributed by atoms with Crippen LogP contribution in [0.3, 0.4) is 0 Å². The van der Waals surface area contributed by atoms with Crippen LogP contribution in [0.1, 0.15) is 24.4 Å². The fraction of sp³-hybridized carbons (Fsp3) is 0.333. The van der Waals surface area contributed by atoms with E-state index in [4.69, 9.17) is 10.5 Å². The minimum absolute atomic E-state index is 0.147. The summed E-state index contributed by atoms with van der Waals surface area (Å²) in [5.41, 5.74) is 8.48. The monoisotopic (exact) mass is 257 g/mol. The number of aromatic nitrogens is 2. The zero-order chi connectivity index (χ0) is 13.8. The first-order chi connectivity index (χ1) is 9.15. The fourth-order valence-electron chi connectivity index (χ4n) is 1.91. The smallest absolute Gasteiger partial charge is 0.133 e. The molecule has 1 aromatic heterocycles. The lowest BCUT2D eigenvalue weighted by atomic mass is 10.1. The van der Waals surface area contributed by atoms with Crippen molar-refractivity contribution in [2.75, 3.05) is 13.7 Å². The van der Waals surface area contributed by atoms with E-state index >= 15 is 0 Å². The van der Waals surface area contributed by atoms with Crippen molar-refractivity contribution in [2.24, 2.45) is 5.73 Å². The second kappa shape index (κ2) is 5.80. The van der Waals surface area contributed by atoms with Gasteiger partial charge in [-0.25, -0.2) is 9.97 Å². The largest absolute Gasteiger partial charge is 0.496 e. The number of rotatable bonds is 4. The highest BCUT2D eigenvalue weighted by molar-refractivity contribution is 5.67. The van der Waals surface area contributed by atoms with E-state index in [1.165, 1.54) is 0 Å². The quantitative estimate of drug-likeness (QED) is 0.914. The number of ether oxygens (including phenoxy) is 1. The van der Waals surface area contributed by atoms with Crippen molar-refractivity contribution in [1.82, 2.24) is 9.97 Å². The third-order valence-electron chi connectivity index (χ3n) is 3.05. The van der Waals surface area contributed by atoms with Crippen molar-refractivity contribution in [3.8, 4) is 17.0 Å². The molecule has 0 aliphatic rings. The topological polar surface area (TPSA) is 61.0 Å². The molecule has 0 aliphatic heterocycles. The third-order valence-corrected chi connectivity index (χ3v) is 3.05. The van der Waals surface area contributed by atoms with E-state index in [1.807, 2.05) is 44.2 Å². The molecule has 0 bridgehead atoms. The molecule has 2 aromatic rings. The molecule has 4 nitrogen and oxygen atoms in total. The lowest BCUT2D eigenvalue weighted by Gasteiger charge is -2.12. The first-order valence-corrected chi connectivity index (χ1v) is 6.34. The van der Waals surface area contributed by atoms with Crippen LogP contribution >= 0.6 is 0 Å². The maximum absolute atomic E-state index is 5.69. The van der Waals surface area contributed by atoms with Crippen molar-refractivity contribution in [3.63, 3.8) is 0 Å². The van der Waals surface area contributed by atoms with E-state index in [2.05, 4.69) is 9.97 Å². The van der Waals surface area contributed by atoms with Crippen molar-refractivity contribution in [2.45, 2.75) is 19.8 Å². The van der Waals surface area contributed by atoms with Crippen molar-refractivity contribution in [1.29, 1.82) is 0 Å². The molecule has 1 aromatic carbocycles. The summed E-state index contributed by atoms with van der Waals surface area (Å²) in [4.78, 5) is 9.07. The lowest BCUT2D eigenvalue weighted by molar-refractivity contribution is 0.416. The second-order valence-corrected chi connectivity index (χ2v) is 4.59. The maximum atomic E-state index is 5.69. The van der Waals surface area contributed by atoms with Crippen LogP contribution in [0.15, 0.2) is 30.3 Å². The molecule has 0 fully saturated rings. The summed E-state index contributed by atoms with van der Waals surface area (Å²) >= 11 is 0. The van der Waals surface area contributed by atoms with Crippen LogP contribution in [0.4, 0.5) is 0 Å². The first kappa shape index (κ1) is 13.5. The molecule has 1 atom stereocenters. The van der Waals surface area contributed by atoms with Gasteiger partial charge in [-0.3, -0.25) is 0 Å². The van der Waals surface area contributed by atoms with Gasteiger partial charge in [-0.2, -0.15) is 0 Å². The highest BCUT2D eigenvalue weighted by Crippen LogP contribution is 2.29. The molecule has 0 saturated carbocycles. The predicted octanol–water partition coefficient (Wildman–Crippen LogP) is 2.52. The maximum Gasteiger partial charge on any atom is 0.133 e. The molecule has 2 rings (SSSR count). The van der Waals surface area contributed by atoms with E-state index in [9.17, 15) is 0 Å².